The molecule has 18 heteroatoms. The summed E-state index contributed by atoms with van der Waals surface area (Å²) in [6.07, 6.45) is 9.75. The van der Waals surface area contributed by atoms with Crippen LogP contribution < -0.4 is 15.8 Å². The van der Waals surface area contributed by atoms with Crippen LogP contribution in [0.3, 0.4) is 0 Å². The third-order valence-corrected chi connectivity index (χ3v) is 12.3. The van der Waals surface area contributed by atoms with Crippen molar-refractivity contribution in [2.24, 2.45) is 0 Å². The minimum absolute atomic E-state index is 0.0538. The number of carbonyl (C=O) groups excluding carboxylic acids is 2. The molecule has 16 nitrogen and oxygen atoms in total. The first-order valence-electron chi connectivity index (χ1n) is 19.9. The average molecular weight is 852 g/mol. The Balaban J connectivity index is 0.727. The van der Waals surface area contributed by atoms with E-state index in [1.807, 2.05) is 42.1 Å². The molecule has 1 saturated heterocycles. The van der Waals surface area contributed by atoms with Gasteiger partial charge in [0.2, 0.25) is 5.01 Å². The maximum Gasteiger partial charge on any atom is 0.284 e. The Bertz CT molecular complexity index is 2420. The quantitative estimate of drug-likeness (QED) is 0.0869. The van der Waals surface area contributed by atoms with Crippen molar-refractivity contribution >= 4 is 51.6 Å². The molecule has 1 aliphatic heterocycles. The number of benzene rings is 1. The van der Waals surface area contributed by atoms with Crippen molar-refractivity contribution in [2.45, 2.75) is 36.9 Å². The number of imidazole rings is 1. The van der Waals surface area contributed by atoms with Crippen molar-refractivity contribution in [1.29, 1.82) is 0 Å². The highest BCUT2D eigenvalue weighted by atomic mass is 32.2. The molecule has 0 unspecified atom stereocenters. The summed E-state index contributed by atoms with van der Waals surface area (Å²) in [6.45, 7) is 10.3. The lowest BCUT2D eigenvalue weighted by Crippen LogP contribution is -2.46. The molecule has 0 aliphatic carbocycles. The summed E-state index contributed by atoms with van der Waals surface area (Å²) in [4.78, 5) is 60.1. The van der Waals surface area contributed by atoms with Gasteiger partial charge >= 0.3 is 0 Å². The summed E-state index contributed by atoms with van der Waals surface area (Å²) < 4.78 is 14.0. The van der Waals surface area contributed by atoms with E-state index in [9.17, 15) is 14.4 Å². The largest absolute Gasteiger partial charge is 0.377 e. The summed E-state index contributed by atoms with van der Waals surface area (Å²) >= 11 is 2.85. The molecule has 0 spiro atoms. The molecule has 1 fully saturated rings. The van der Waals surface area contributed by atoms with Gasteiger partial charge in [-0.1, -0.05) is 36.1 Å². The highest BCUT2D eigenvalue weighted by molar-refractivity contribution is 8.00. The Morgan fingerprint density at radius 1 is 0.950 bits per heavy atom. The number of ether oxygens (including phenoxy) is 2. The molecule has 2 N–H and O–H groups in total. The molecule has 0 saturated carbocycles. The Labute approximate surface area is 356 Å². The van der Waals surface area contributed by atoms with Crippen LogP contribution in [0.1, 0.15) is 49.5 Å². The Morgan fingerprint density at radius 2 is 1.77 bits per heavy atom. The first kappa shape index (κ1) is 42.6. The fraction of sp³-hybridized carbons (Fsp3) is 0.381. The Kier molecular flexibility index (Phi) is 14.6. The minimum atomic E-state index is -0.261. The molecule has 1 aromatic carbocycles. The van der Waals surface area contributed by atoms with E-state index < -0.39 is 0 Å². The maximum absolute atomic E-state index is 12.9. The normalized spacial score (nSPS) is 13.2. The number of hydrogen-bond acceptors (Lipinski definition) is 14. The molecule has 7 rings (SSSR count). The van der Waals surface area contributed by atoms with Crippen molar-refractivity contribution in [3.63, 3.8) is 0 Å². The fourth-order valence-electron chi connectivity index (χ4n) is 6.67. The van der Waals surface area contributed by atoms with Crippen LogP contribution in [0.15, 0.2) is 82.7 Å². The number of nitrogens with zero attached hydrogens (tertiary/aromatic N) is 9. The highest BCUT2D eigenvalue weighted by Crippen LogP contribution is 2.28. The number of anilines is 1. The van der Waals surface area contributed by atoms with Crippen LogP contribution in [0.5, 0.6) is 0 Å². The first-order valence-corrected chi connectivity index (χ1v) is 21.7. The van der Waals surface area contributed by atoms with Gasteiger partial charge in [0.25, 0.3) is 17.4 Å². The number of rotatable bonds is 19. The number of likely N-dealkylation sites (N-methyl/N-ethyl adjacent to an activating group) is 1. The maximum atomic E-state index is 12.9. The fourth-order valence-corrected chi connectivity index (χ4v) is 8.59. The van der Waals surface area contributed by atoms with E-state index in [4.69, 9.17) is 9.47 Å². The molecular formula is C42H49N11O5S2. The third kappa shape index (κ3) is 11.2. The Hall–Kier alpha value is -5.53. The van der Waals surface area contributed by atoms with Crippen LogP contribution in [-0.2, 0) is 28.2 Å². The lowest BCUT2D eigenvalue weighted by Gasteiger charge is -2.36. The zero-order valence-electron chi connectivity index (χ0n) is 34.0. The number of carbonyl (C=O) groups is 2. The van der Waals surface area contributed by atoms with E-state index >= 15 is 0 Å². The van der Waals surface area contributed by atoms with Crippen LogP contribution in [0.25, 0.3) is 16.7 Å². The van der Waals surface area contributed by atoms with Crippen molar-refractivity contribution in [1.82, 2.24) is 49.8 Å². The topological polar surface area (TPSA) is 177 Å². The number of H-pyrrole nitrogens is 1. The number of hydrogen-bond donors (Lipinski definition) is 2. The molecular weight excluding hydrogens is 803 g/mol. The van der Waals surface area contributed by atoms with E-state index in [0.717, 1.165) is 76.4 Å². The molecule has 5 aromatic heterocycles. The van der Waals surface area contributed by atoms with Gasteiger partial charge in [-0.3, -0.25) is 24.3 Å². The number of piperazine rings is 1. The summed E-state index contributed by atoms with van der Waals surface area (Å²) in [6, 6.07) is 13.9. The number of nitrogens with one attached hydrogen (secondary N) is 2. The van der Waals surface area contributed by atoms with Crippen molar-refractivity contribution < 1.29 is 19.1 Å². The number of aryl methyl sites for hydroxylation is 2. The molecule has 2 amide bonds. The van der Waals surface area contributed by atoms with Crippen LogP contribution >= 0.6 is 23.1 Å². The third-order valence-electron chi connectivity index (χ3n) is 10.2. The molecule has 6 heterocycles. The molecule has 6 aromatic rings. The van der Waals surface area contributed by atoms with E-state index in [-0.39, 0.29) is 17.4 Å². The molecule has 314 valence electrons. The average Bonchev–Trinajstić information content (AvgIpc) is 3.99. The van der Waals surface area contributed by atoms with Gasteiger partial charge in [0.15, 0.2) is 4.34 Å². The number of pyridine rings is 3. The smallest absolute Gasteiger partial charge is 0.284 e. The van der Waals surface area contributed by atoms with Crippen molar-refractivity contribution in [3.05, 3.63) is 117 Å². The van der Waals surface area contributed by atoms with Gasteiger partial charge in [-0.15, -0.1) is 10.2 Å². The molecule has 0 radical (unpaired) electrons. The number of aromatic nitrogens is 7. The SMILES string of the molecule is CCc1cc2ncc(CN3CCN(c4ccc(C(=O)NCCOCCOCCN(C)C(=O)c5nnc(SCc6ccc(-n7ccnc7)cc6C)s5)nc4)CC3)cc2[nH]c1=O. The standard InChI is InChI=1S/C42H49N11O5S2/c1-4-31-23-36-37(47-38(31)54)22-30(24-45-36)26-51-12-14-52(15-13-51)34-7-8-35(46-25-34)39(55)44-10-17-57-19-20-58-18-16-50(3)41(56)40-48-49-42(60-40)59-27-32-5-6-33(21-29(32)2)53-11-9-43-28-53/h5-9,11,21-25,28H,4,10,12-20,26-27H2,1-3H3,(H,44,55)(H,47,54). The number of fused-ring (bicyclic) bond motifs is 1. The minimum Gasteiger partial charge on any atom is -0.377 e. The second kappa shape index (κ2) is 20.6. The zero-order chi connectivity index (χ0) is 41.8. The van der Waals surface area contributed by atoms with Gasteiger partial charge in [0.05, 0.1) is 55.7 Å². The van der Waals surface area contributed by atoms with Gasteiger partial charge in [-0.05, 0) is 66.4 Å². The molecule has 0 bridgehead atoms. The lowest BCUT2D eigenvalue weighted by atomic mass is 10.1. The molecule has 60 heavy (non-hydrogen) atoms. The lowest BCUT2D eigenvalue weighted by molar-refractivity contribution is 0.0392. The second-order valence-corrected chi connectivity index (χ2v) is 16.6. The second-order valence-electron chi connectivity index (χ2n) is 14.4. The van der Waals surface area contributed by atoms with Crippen molar-refractivity contribution in [2.75, 3.05) is 77.6 Å². The number of aromatic amines is 1. The van der Waals surface area contributed by atoms with E-state index in [2.05, 4.69) is 70.4 Å². The summed E-state index contributed by atoms with van der Waals surface area (Å²) in [5.74, 6) is 0.266. The van der Waals surface area contributed by atoms with Crippen LogP contribution in [0.4, 0.5) is 5.69 Å². The van der Waals surface area contributed by atoms with Gasteiger partial charge < -0.3 is 34.1 Å². The van der Waals surface area contributed by atoms with Crippen molar-refractivity contribution in [3.8, 4) is 5.69 Å². The van der Waals surface area contributed by atoms with E-state index in [1.165, 1.54) is 22.5 Å². The highest BCUT2D eigenvalue weighted by Gasteiger charge is 2.20. The van der Waals surface area contributed by atoms with Gasteiger partial charge in [0, 0.05) is 88.5 Å². The van der Waals surface area contributed by atoms with E-state index in [1.54, 1.807) is 48.5 Å². The van der Waals surface area contributed by atoms with E-state index in [0.29, 0.717) is 56.6 Å². The zero-order valence-corrected chi connectivity index (χ0v) is 35.6. The predicted molar refractivity (Wildman–Crippen MR) is 232 cm³/mol. The predicted octanol–water partition coefficient (Wildman–Crippen LogP) is 4.38. The monoisotopic (exact) mass is 851 g/mol. The van der Waals surface area contributed by atoms with Gasteiger partial charge in [0.1, 0.15) is 5.69 Å². The molecule has 1 aliphatic rings. The number of thioether (sulfide) groups is 1. The molecule has 0 atom stereocenters. The first-order chi connectivity index (χ1) is 29.2. The summed E-state index contributed by atoms with van der Waals surface area (Å²) in [5, 5.41) is 11.5. The van der Waals surface area contributed by atoms with Crippen LogP contribution in [0.2, 0.25) is 0 Å². The van der Waals surface area contributed by atoms with Gasteiger partial charge in [-0.25, -0.2) is 9.97 Å². The van der Waals surface area contributed by atoms with Crippen LogP contribution in [-0.4, -0.2) is 129 Å². The summed E-state index contributed by atoms with van der Waals surface area (Å²) in [7, 11) is 1.72. The van der Waals surface area contributed by atoms with Crippen LogP contribution in [0, 0.1) is 6.92 Å². The van der Waals surface area contributed by atoms with Gasteiger partial charge in [-0.2, -0.15) is 0 Å². The number of amides is 2. The Morgan fingerprint density at radius 3 is 2.52 bits per heavy atom. The summed E-state index contributed by atoms with van der Waals surface area (Å²) in [5.41, 5.74) is 8.06.